The molecule has 1 fully saturated rings. The zero-order valence-electron chi connectivity index (χ0n) is 14.6. The van der Waals surface area contributed by atoms with Crippen LogP contribution in [0.3, 0.4) is 0 Å². The van der Waals surface area contributed by atoms with Crippen LogP contribution in [-0.2, 0) is 26.2 Å². The number of ether oxygens (including phenoxy) is 2. The summed E-state index contributed by atoms with van der Waals surface area (Å²) >= 11 is 0. The third-order valence-electron chi connectivity index (χ3n) is 4.52. The summed E-state index contributed by atoms with van der Waals surface area (Å²) in [4.78, 5) is 23.5. The normalized spacial score (nSPS) is 14.6. The van der Waals surface area contributed by atoms with Gasteiger partial charge in [0.15, 0.2) is 0 Å². The number of esters is 2. The van der Waals surface area contributed by atoms with Gasteiger partial charge in [0.2, 0.25) is 0 Å². The fraction of sp³-hybridized carbons (Fsp3) is 0.333. The summed E-state index contributed by atoms with van der Waals surface area (Å²) in [6, 6.07) is 15.4. The Morgan fingerprint density at radius 2 is 1.80 bits per heavy atom. The van der Waals surface area contributed by atoms with Gasteiger partial charge in [-0.25, -0.2) is 0 Å². The molecule has 0 amide bonds. The monoisotopic (exact) mass is 338 g/mol. The van der Waals surface area contributed by atoms with Crippen molar-refractivity contribution in [3.05, 3.63) is 65.2 Å². The van der Waals surface area contributed by atoms with Gasteiger partial charge in [0.1, 0.15) is 12.4 Å². The average molecular weight is 338 g/mol. The lowest BCUT2D eigenvalue weighted by molar-refractivity contribution is -0.143. The van der Waals surface area contributed by atoms with Crippen LogP contribution in [-0.4, -0.2) is 18.5 Å². The van der Waals surface area contributed by atoms with Crippen LogP contribution in [0.25, 0.3) is 0 Å². The second-order valence-corrected chi connectivity index (χ2v) is 6.70. The lowest BCUT2D eigenvalue weighted by Gasteiger charge is -2.19. The van der Waals surface area contributed by atoms with Crippen molar-refractivity contribution in [1.29, 1.82) is 0 Å². The van der Waals surface area contributed by atoms with E-state index in [1.165, 1.54) is 6.92 Å². The molecule has 1 saturated carbocycles. The largest absolute Gasteiger partial charge is 0.464 e. The molecule has 1 aliphatic rings. The number of benzene rings is 2. The molecular weight excluding hydrogens is 316 g/mol. The molecular formula is C21H22O4. The van der Waals surface area contributed by atoms with E-state index < -0.39 is 0 Å². The van der Waals surface area contributed by atoms with E-state index in [0.717, 1.165) is 29.5 Å². The van der Waals surface area contributed by atoms with Gasteiger partial charge in [0, 0.05) is 17.9 Å². The van der Waals surface area contributed by atoms with E-state index in [0.29, 0.717) is 12.4 Å². The molecule has 25 heavy (non-hydrogen) atoms. The van der Waals surface area contributed by atoms with Gasteiger partial charge in [0.25, 0.3) is 0 Å². The number of hydrogen-bond acceptors (Lipinski definition) is 4. The first kappa shape index (κ1) is 17.2. The Morgan fingerprint density at radius 3 is 2.44 bits per heavy atom. The quantitative estimate of drug-likeness (QED) is 0.595. The second-order valence-electron chi connectivity index (χ2n) is 6.70. The van der Waals surface area contributed by atoms with E-state index in [-0.39, 0.29) is 23.8 Å². The summed E-state index contributed by atoms with van der Waals surface area (Å²) < 4.78 is 10.9. The van der Waals surface area contributed by atoms with Crippen molar-refractivity contribution >= 4 is 11.9 Å². The van der Waals surface area contributed by atoms with Gasteiger partial charge in [-0.2, -0.15) is 0 Å². The topological polar surface area (TPSA) is 52.6 Å². The molecule has 0 spiro atoms. The zero-order chi connectivity index (χ0) is 17.9. The van der Waals surface area contributed by atoms with Crippen molar-refractivity contribution in [1.82, 2.24) is 0 Å². The predicted molar refractivity (Wildman–Crippen MR) is 94.5 cm³/mol. The minimum absolute atomic E-state index is 0.231. The van der Waals surface area contributed by atoms with Gasteiger partial charge in [-0.3, -0.25) is 9.59 Å². The molecule has 0 aliphatic heterocycles. The van der Waals surface area contributed by atoms with E-state index in [2.05, 4.69) is 0 Å². The molecule has 4 nitrogen and oxygen atoms in total. The standard InChI is InChI=1S/C21H22O4/c1-15-8-9-18(19(12-15)25-16(2)22)21(10-11-21)14-24-20(23)13-17-6-4-3-5-7-17/h3-9,12H,10-11,13-14H2,1-2H3. The van der Waals surface area contributed by atoms with E-state index in [1.54, 1.807) is 0 Å². The summed E-state index contributed by atoms with van der Waals surface area (Å²) in [6.45, 7) is 3.66. The van der Waals surface area contributed by atoms with Crippen LogP contribution in [0.15, 0.2) is 48.5 Å². The molecule has 0 aromatic heterocycles. The molecule has 1 aliphatic carbocycles. The van der Waals surface area contributed by atoms with Gasteiger partial charge >= 0.3 is 11.9 Å². The summed E-state index contributed by atoms with van der Waals surface area (Å²) in [6.07, 6.45) is 2.10. The summed E-state index contributed by atoms with van der Waals surface area (Å²) in [5, 5.41) is 0. The second kappa shape index (κ2) is 7.09. The first-order chi connectivity index (χ1) is 12.0. The van der Waals surface area contributed by atoms with Crippen molar-refractivity contribution in [2.75, 3.05) is 6.61 Å². The minimum atomic E-state index is -0.344. The Morgan fingerprint density at radius 1 is 1.08 bits per heavy atom. The van der Waals surface area contributed by atoms with E-state index in [9.17, 15) is 9.59 Å². The van der Waals surface area contributed by atoms with Crippen molar-refractivity contribution < 1.29 is 19.1 Å². The van der Waals surface area contributed by atoms with Gasteiger partial charge in [0.05, 0.1) is 6.42 Å². The molecule has 130 valence electrons. The smallest absolute Gasteiger partial charge is 0.310 e. The minimum Gasteiger partial charge on any atom is -0.464 e. The highest BCUT2D eigenvalue weighted by atomic mass is 16.5. The highest BCUT2D eigenvalue weighted by molar-refractivity contribution is 5.73. The van der Waals surface area contributed by atoms with Crippen LogP contribution in [0.4, 0.5) is 0 Å². The molecule has 0 N–H and O–H groups in total. The fourth-order valence-corrected chi connectivity index (χ4v) is 2.98. The predicted octanol–water partition coefficient (Wildman–Crippen LogP) is 3.74. The van der Waals surface area contributed by atoms with Crippen LogP contribution < -0.4 is 4.74 Å². The molecule has 0 saturated heterocycles. The molecule has 2 aromatic rings. The Balaban J connectivity index is 1.68. The van der Waals surface area contributed by atoms with Crippen LogP contribution in [0.5, 0.6) is 5.75 Å². The van der Waals surface area contributed by atoms with Crippen molar-refractivity contribution in [3.63, 3.8) is 0 Å². The molecule has 4 heteroatoms. The van der Waals surface area contributed by atoms with Crippen molar-refractivity contribution in [3.8, 4) is 5.75 Å². The number of carbonyl (C=O) groups excluding carboxylic acids is 2. The van der Waals surface area contributed by atoms with Crippen LogP contribution in [0.1, 0.15) is 36.5 Å². The summed E-state index contributed by atoms with van der Waals surface area (Å²) in [5.41, 5.74) is 2.68. The van der Waals surface area contributed by atoms with Gasteiger partial charge in [-0.1, -0.05) is 42.5 Å². The first-order valence-electron chi connectivity index (χ1n) is 8.48. The first-order valence-corrected chi connectivity index (χ1v) is 8.48. The third-order valence-corrected chi connectivity index (χ3v) is 4.52. The number of hydrogen-bond donors (Lipinski definition) is 0. The van der Waals surface area contributed by atoms with Gasteiger partial charge < -0.3 is 9.47 Å². The summed E-state index contributed by atoms with van der Waals surface area (Å²) in [5.74, 6) is -0.00791. The molecule has 0 unspecified atom stereocenters. The zero-order valence-corrected chi connectivity index (χ0v) is 14.6. The SMILES string of the molecule is CC(=O)Oc1cc(C)ccc1C1(COC(=O)Cc2ccccc2)CC1. The van der Waals surface area contributed by atoms with Gasteiger partial charge in [-0.15, -0.1) is 0 Å². The molecule has 0 bridgehead atoms. The van der Waals surface area contributed by atoms with Crippen LogP contribution in [0.2, 0.25) is 0 Å². The van der Waals surface area contributed by atoms with E-state index in [1.807, 2.05) is 55.5 Å². The maximum absolute atomic E-state index is 12.1. The van der Waals surface area contributed by atoms with E-state index >= 15 is 0 Å². The number of rotatable bonds is 6. The molecule has 3 rings (SSSR count). The Hall–Kier alpha value is -2.62. The maximum Gasteiger partial charge on any atom is 0.310 e. The third kappa shape index (κ3) is 4.27. The summed E-state index contributed by atoms with van der Waals surface area (Å²) in [7, 11) is 0. The Labute approximate surface area is 147 Å². The maximum atomic E-state index is 12.1. The van der Waals surface area contributed by atoms with Crippen molar-refractivity contribution in [2.24, 2.45) is 0 Å². The van der Waals surface area contributed by atoms with Crippen molar-refractivity contribution in [2.45, 2.75) is 38.5 Å². The molecule has 0 atom stereocenters. The Bertz CT molecular complexity index is 776. The Kier molecular flexibility index (Phi) is 4.88. The molecule has 0 radical (unpaired) electrons. The average Bonchev–Trinajstić information content (AvgIpc) is 3.34. The highest BCUT2D eigenvalue weighted by Gasteiger charge is 2.47. The van der Waals surface area contributed by atoms with Crippen LogP contribution >= 0.6 is 0 Å². The molecule has 2 aromatic carbocycles. The molecule has 0 heterocycles. The fourth-order valence-electron chi connectivity index (χ4n) is 2.98. The van der Waals surface area contributed by atoms with Crippen LogP contribution in [0, 0.1) is 6.92 Å². The number of carbonyl (C=O) groups is 2. The van der Waals surface area contributed by atoms with E-state index in [4.69, 9.17) is 9.47 Å². The van der Waals surface area contributed by atoms with Gasteiger partial charge in [-0.05, 0) is 37.0 Å². The number of aryl methyl sites for hydroxylation is 1. The lowest BCUT2D eigenvalue weighted by Crippen LogP contribution is -2.21. The highest BCUT2D eigenvalue weighted by Crippen LogP contribution is 2.51. The lowest BCUT2D eigenvalue weighted by atomic mass is 9.94.